The molecular formula is C17H17N3O3S. The number of esters is 1. The molecule has 124 valence electrons. The number of aryl methyl sites for hydroxylation is 1. The molecule has 6 nitrogen and oxygen atoms in total. The van der Waals surface area contributed by atoms with E-state index >= 15 is 0 Å². The van der Waals surface area contributed by atoms with Crippen molar-refractivity contribution in [2.24, 2.45) is 0 Å². The minimum absolute atomic E-state index is 0.354. The summed E-state index contributed by atoms with van der Waals surface area (Å²) in [5.74, 6) is -2.08. The van der Waals surface area contributed by atoms with Crippen LogP contribution in [0.25, 0.3) is 0 Å². The molecule has 0 aliphatic carbocycles. The maximum Gasteiger partial charge on any atom is 0.338 e. The fourth-order valence-electron chi connectivity index (χ4n) is 1.97. The first-order chi connectivity index (χ1) is 11.4. The van der Waals surface area contributed by atoms with E-state index in [9.17, 15) is 14.9 Å². The first kappa shape index (κ1) is 17.6. The quantitative estimate of drug-likeness (QED) is 0.750. The summed E-state index contributed by atoms with van der Waals surface area (Å²) in [4.78, 5) is 30.2. The lowest BCUT2D eigenvalue weighted by Crippen LogP contribution is -2.20. The summed E-state index contributed by atoms with van der Waals surface area (Å²) >= 11 is 1.25. The van der Waals surface area contributed by atoms with Gasteiger partial charge in [0.2, 0.25) is 0 Å². The number of anilines is 1. The Bertz CT molecular complexity index is 775. The van der Waals surface area contributed by atoms with Crippen LogP contribution in [-0.4, -0.2) is 37.4 Å². The molecule has 0 radical (unpaired) electrons. The molecule has 0 spiro atoms. The summed E-state index contributed by atoms with van der Waals surface area (Å²) in [5, 5.41) is 11.4. The summed E-state index contributed by atoms with van der Waals surface area (Å²) in [6, 6.07) is 8.76. The van der Waals surface area contributed by atoms with Gasteiger partial charge in [-0.05, 0) is 31.2 Å². The molecule has 0 bridgehead atoms. The highest BCUT2D eigenvalue weighted by Gasteiger charge is 2.24. The second-order valence-electron chi connectivity index (χ2n) is 5.37. The second kappa shape index (κ2) is 7.70. The number of thiazole rings is 1. The normalized spacial score (nSPS) is 11.4. The largest absolute Gasteiger partial charge is 0.454 e. The molecule has 0 aliphatic rings. The summed E-state index contributed by atoms with van der Waals surface area (Å²) in [5.41, 5.74) is 2.05. The van der Waals surface area contributed by atoms with Gasteiger partial charge in [0.1, 0.15) is 5.01 Å². The van der Waals surface area contributed by atoms with Gasteiger partial charge >= 0.3 is 5.97 Å². The third kappa shape index (κ3) is 4.18. The van der Waals surface area contributed by atoms with Gasteiger partial charge in [0, 0.05) is 30.9 Å². The summed E-state index contributed by atoms with van der Waals surface area (Å²) in [6.45, 7) is 1.33. The number of ether oxygens (including phenoxy) is 1. The molecule has 0 N–H and O–H groups in total. The zero-order chi connectivity index (χ0) is 17.7. The van der Waals surface area contributed by atoms with Gasteiger partial charge in [0.15, 0.2) is 18.3 Å². The topological polar surface area (TPSA) is 83.3 Å². The van der Waals surface area contributed by atoms with Crippen LogP contribution in [-0.2, 0) is 9.53 Å². The number of hydrogen-bond acceptors (Lipinski definition) is 7. The third-order valence-electron chi connectivity index (χ3n) is 3.30. The molecule has 24 heavy (non-hydrogen) atoms. The lowest BCUT2D eigenvalue weighted by atomic mass is 10.1. The Morgan fingerprint density at radius 3 is 2.50 bits per heavy atom. The second-order valence-corrected chi connectivity index (χ2v) is 6.26. The average molecular weight is 343 g/mol. The van der Waals surface area contributed by atoms with Gasteiger partial charge < -0.3 is 9.64 Å². The molecule has 0 aliphatic heterocycles. The molecule has 1 heterocycles. The Balaban J connectivity index is 1.97. The van der Waals surface area contributed by atoms with E-state index in [1.54, 1.807) is 36.6 Å². The first-order valence-electron chi connectivity index (χ1n) is 7.21. The van der Waals surface area contributed by atoms with Crippen LogP contribution in [0.1, 0.15) is 27.0 Å². The molecular weight excluding hydrogens is 326 g/mol. The standard InChI is InChI=1S/C17H17N3O3S/c1-11-10-24-16(19-11)14(8-18)15(21)9-23-17(22)12-4-6-13(7-5-12)20(2)3/h4-7,10,14H,9H2,1-3H3/t14-/m1/s1. The Morgan fingerprint density at radius 1 is 1.33 bits per heavy atom. The van der Waals surface area contributed by atoms with Gasteiger partial charge in [-0.3, -0.25) is 4.79 Å². The number of rotatable bonds is 6. The molecule has 1 aromatic carbocycles. The van der Waals surface area contributed by atoms with Crippen LogP contribution in [0.5, 0.6) is 0 Å². The van der Waals surface area contributed by atoms with E-state index < -0.39 is 24.3 Å². The van der Waals surface area contributed by atoms with E-state index in [1.807, 2.05) is 25.1 Å². The van der Waals surface area contributed by atoms with Crippen LogP contribution >= 0.6 is 11.3 Å². The Labute approximate surface area is 144 Å². The summed E-state index contributed by atoms with van der Waals surface area (Å²) < 4.78 is 5.02. The minimum atomic E-state index is -1.01. The van der Waals surface area contributed by atoms with Crippen LogP contribution in [0.4, 0.5) is 5.69 Å². The third-order valence-corrected chi connectivity index (χ3v) is 4.33. The molecule has 2 rings (SSSR count). The van der Waals surface area contributed by atoms with Crippen LogP contribution in [0.3, 0.4) is 0 Å². The van der Waals surface area contributed by atoms with E-state index in [0.717, 1.165) is 11.4 Å². The van der Waals surface area contributed by atoms with Gasteiger partial charge in [0.05, 0.1) is 11.6 Å². The molecule has 0 unspecified atom stereocenters. The summed E-state index contributed by atoms with van der Waals surface area (Å²) in [6.07, 6.45) is 0. The lowest BCUT2D eigenvalue weighted by molar-refractivity contribution is -0.122. The van der Waals surface area contributed by atoms with Gasteiger partial charge in [-0.25, -0.2) is 9.78 Å². The van der Waals surface area contributed by atoms with E-state index in [-0.39, 0.29) is 0 Å². The number of carbonyl (C=O) groups excluding carboxylic acids is 2. The minimum Gasteiger partial charge on any atom is -0.454 e. The van der Waals surface area contributed by atoms with Crippen molar-refractivity contribution in [2.45, 2.75) is 12.8 Å². The maximum absolute atomic E-state index is 12.1. The monoisotopic (exact) mass is 343 g/mol. The lowest BCUT2D eigenvalue weighted by Gasteiger charge is -2.12. The van der Waals surface area contributed by atoms with Gasteiger partial charge in [-0.2, -0.15) is 5.26 Å². The predicted molar refractivity (Wildman–Crippen MR) is 91.3 cm³/mol. The van der Waals surface area contributed by atoms with Crippen molar-refractivity contribution in [1.29, 1.82) is 5.26 Å². The van der Waals surface area contributed by atoms with Crippen LogP contribution in [0.15, 0.2) is 29.6 Å². The predicted octanol–water partition coefficient (Wildman–Crippen LogP) is 2.55. The van der Waals surface area contributed by atoms with Gasteiger partial charge in [0.25, 0.3) is 0 Å². The van der Waals surface area contributed by atoms with Gasteiger partial charge in [-0.1, -0.05) is 0 Å². The number of benzene rings is 1. The molecule has 1 aromatic heterocycles. The first-order valence-corrected chi connectivity index (χ1v) is 8.09. The van der Waals surface area contributed by atoms with Crippen LogP contribution in [0.2, 0.25) is 0 Å². The zero-order valence-corrected chi connectivity index (χ0v) is 14.5. The van der Waals surface area contributed by atoms with Crippen LogP contribution < -0.4 is 4.90 Å². The molecule has 0 amide bonds. The van der Waals surface area contributed by atoms with Crippen molar-refractivity contribution in [3.05, 3.63) is 45.9 Å². The fraction of sp³-hybridized carbons (Fsp3) is 0.294. The number of nitrogens with zero attached hydrogens (tertiary/aromatic N) is 3. The highest BCUT2D eigenvalue weighted by Crippen LogP contribution is 2.21. The number of carbonyl (C=O) groups is 2. The Kier molecular flexibility index (Phi) is 5.66. The number of aromatic nitrogens is 1. The van der Waals surface area contributed by atoms with E-state index in [1.165, 1.54) is 11.3 Å². The molecule has 7 heteroatoms. The number of hydrogen-bond donors (Lipinski definition) is 0. The van der Waals surface area contributed by atoms with Crippen molar-refractivity contribution in [1.82, 2.24) is 4.98 Å². The van der Waals surface area contributed by atoms with E-state index in [4.69, 9.17) is 4.74 Å². The molecule has 0 saturated heterocycles. The van der Waals surface area contributed by atoms with Crippen molar-refractivity contribution in [2.75, 3.05) is 25.6 Å². The van der Waals surface area contributed by atoms with Crippen molar-refractivity contribution >= 4 is 28.8 Å². The molecule has 0 fully saturated rings. The number of nitriles is 1. The maximum atomic E-state index is 12.1. The highest BCUT2D eigenvalue weighted by molar-refractivity contribution is 7.09. The van der Waals surface area contributed by atoms with Gasteiger partial charge in [-0.15, -0.1) is 11.3 Å². The summed E-state index contributed by atoms with van der Waals surface area (Å²) in [7, 11) is 3.79. The Hall–Kier alpha value is -2.72. The van der Waals surface area contributed by atoms with E-state index in [0.29, 0.717) is 10.6 Å². The van der Waals surface area contributed by atoms with Crippen molar-refractivity contribution in [3.8, 4) is 6.07 Å². The Morgan fingerprint density at radius 2 is 2.00 bits per heavy atom. The fourth-order valence-corrected chi connectivity index (χ4v) is 2.83. The molecule has 1 atom stereocenters. The average Bonchev–Trinajstić information content (AvgIpc) is 2.99. The zero-order valence-electron chi connectivity index (χ0n) is 13.6. The van der Waals surface area contributed by atoms with Crippen molar-refractivity contribution < 1.29 is 14.3 Å². The molecule has 2 aromatic rings. The number of Topliss-reactive ketones (excluding diaryl/α,β-unsaturated/α-hetero) is 1. The smallest absolute Gasteiger partial charge is 0.338 e. The van der Waals surface area contributed by atoms with Crippen LogP contribution in [0, 0.1) is 18.3 Å². The van der Waals surface area contributed by atoms with Crippen molar-refractivity contribution in [3.63, 3.8) is 0 Å². The molecule has 0 saturated carbocycles. The number of ketones is 1. The van der Waals surface area contributed by atoms with E-state index in [2.05, 4.69) is 4.98 Å². The highest BCUT2D eigenvalue weighted by atomic mass is 32.1. The SMILES string of the molecule is Cc1csc([C@H](C#N)C(=O)COC(=O)c2ccc(N(C)C)cc2)n1.